The van der Waals surface area contributed by atoms with Crippen LogP contribution in [-0.4, -0.2) is 29.5 Å². The summed E-state index contributed by atoms with van der Waals surface area (Å²) in [5, 5.41) is 8.22. The van der Waals surface area contributed by atoms with Crippen LogP contribution in [0.5, 0.6) is 5.88 Å². The fourth-order valence-electron chi connectivity index (χ4n) is 3.68. The highest BCUT2D eigenvalue weighted by atomic mass is 35.5. The second-order valence-corrected chi connectivity index (χ2v) is 7.53. The van der Waals surface area contributed by atoms with Gasteiger partial charge in [-0.15, -0.1) is 12.4 Å². The van der Waals surface area contributed by atoms with Crippen LogP contribution in [0.25, 0.3) is 0 Å². The second-order valence-electron chi connectivity index (χ2n) is 7.10. The van der Waals surface area contributed by atoms with Gasteiger partial charge in [-0.1, -0.05) is 24.4 Å². The molecule has 1 aromatic carbocycles. The monoisotopic (exact) mass is 431 g/mol. The summed E-state index contributed by atoms with van der Waals surface area (Å²) in [5.74, 6) is 0.300. The van der Waals surface area contributed by atoms with Gasteiger partial charge in [0.05, 0.1) is 11.3 Å². The number of methoxy groups -OCH3 is 1. The Labute approximate surface area is 177 Å². The number of nitrogens with one attached hydrogen (secondary N) is 1. The lowest BCUT2D eigenvalue weighted by molar-refractivity contribution is -0.0156. The van der Waals surface area contributed by atoms with Gasteiger partial charge in [-0.25, -0.2) is 9.07 Å². The molecule has 1 N–H and O–H groups in total. The highest BCUT2D eigenvalue weighted by molar-refractivity contribution is 6.30. The molecule has 0 unspecified atom stereocenters. The predicted molar refractivity (Wildman–Crippen MR) is 111 cm³/mol. The van der Waals surface area contributed by atoms with E-state index in [9.17, 15) is 4.39 Å². The Morgan fingerprint density at radius 1 is 1.29 bits per heavy atom. The average Bonchev–Trinajstić information content (AvgIpc) is 3.28. The minimum absolute atomic E-state index is 0. The molecule has 1 aliphatic rings. The fraction of sp³-hybridized carbons (Fsp3) is 0.550. The number of halogens is 3. The average molecular weight is 432 g/mol. The molecule has 0 amide bonds. The van der Waals surface area contributed by atoms with E-state index in [2.05, 4.69) is 10.4 Å². The van der Waals surface area contributed by atoms with Gasteiger partial charge in [0, 0.05) is 36.9 Å². The summed E-state index contributed by atoms with van der Waals surface area (Å²) in [6, 6.07) is 6.37. The normalized spacial score (nSPS) is 15.4. The van der Waals surface area contributed by atoms with E-state index in [0.717, 1.165) is 25.0 Å². The fourth-order valence-corrected chi connectivity index (χ4v) is 3.88. The standard InChI is InChI=1S/C20H27ClFN3O2.ClH/c1-23-13-17-12-19(27-14-15-11-16(21)5-6-18(15)22)25(24-17)10-9-20(26-2)7-3-4-8-20;/h5-6,11-12,23H,3-4,7-10,13-14H2,1-2H3;1H. The Balaban J connectivity index is 0.00000280. The smallest absolute Gasteiger partial charge is 0.212 e. The first-order valence-corrected chi connectivity index (χ1v) is 9.76. The first kappa shape index (κ1) is 22.9. The summed E-state index contributed by atoms with van der Waals surface area (Å²) >= 11 is 5.97. The number of aromatic nitrogens is 2. The summed E-state index contributed by atoms with van der Waals surface area (Å²) in [6.07, 6.45) is 5.45. The Kier molecular flexibility index (Phi) is 8.56. The number of rotatable bonds is 9. The zero-order chi connectivity index (χ0) is 19.3. The Morgan fingerprint density at radius 2 is 2.04 bits per heavy atom. The minimum Gasteiger partial charge on any atom is -0.473 e. The molecule has 0 atom stereocenters. The molecule has 8 heteroatoms. The molecule has 0 bridgehead atoms. The van der Waals surface area contributed by atoms with Crippen molar-refractivity contribution in [2.45, 2.75) is 57.4 Å². The maximum Gasteiger partial charge on any atom is 0.212 e. The second kappa shape index (κ2) is 10.4. The van der Waals surface area contributed by atoms with Gasteiger partial charge in [-0.05, 0) is 44.5 Å². The van der Waals surface area contributed by atoms with Crippen LogP contribution < -0.4 is 10.1 Å². The molecule has 0 aliphatic heterocycles. The first-order valence-electron chi connectivity index (χ1n) is 9.38. The van der Waals surface area contributed by atoms with Crippen molar-refractivity contribution < 1.29 is 13.9 Å². The van der Waals surface area contributed by atoms with Gasteiger partial charge in [0.1, 0.15) is 12.4 Å². The molecule has 1 aromatic heterocycles. The quantitative estimate of drug-likeness (QED) is 0.622. The van der Waals surface area contributed by atoms with E-state index in [4.69, 9.17) is 21.1 Å². The summed E-state index contributed by atoms with van der Waals surface area (Å²) in [6.45, 7) is 1.45. The lowest BCUT2D eigenvalue weighted by Crippen LogP contribution is -2.29. The zero-order valence-electron chi connectivity index (χ0n) is 16.3. The number of benzene rings is 1. The van der Waals surface area contributed by atoms with E-state index in [0.29, 0.717) is 29.6 Å². The van der Waals surface area contributed by atoms with E-state index in [1.54, 1.807) is 13.2 Å². The van der Waals surface area contributed by atoms with Gasteiger partial charge in [0.25, 0.3) is 0 Å². The number of aryl methyl sites for hydroxylation is 1. The van der Waals surface area contributed by atoms with Crippen LogP contribution >= 0.6 is 24.0 Å². The van der Waals surface area contributed by atoms with Gasteiger partial charge in [0.15, 0.2) is 0 Å². The minimum atomic E-state index is -0.329. The number of hydrogen-bond acceptors (Lipinski definition) is 4. The molecule has 3 rings (SSSR count). The van der Waals surface area contributed by atoms with Crippen molar-refractivity contribution in [2.24, 2.45) is 0 Å². The van der Waals surface area contributed by atoms with Crippen molar-refractivity contribution in [1.82, 2.24) is 15.1 Å². The summed E-state index contributed by atoms with van der Waals surface area (Å²) in [7, 11) is 3.67. The topological polar surface area (TPSA) is 48.3 Å². The SMILES string of the molecule is CNCc1cc(OCc2cc(Cl)ccc2F)n(CCC2(OC)CCCC2)n1.Cl. The van der Waals surface area contributed by atoms with Crippen LogP contribution in [0, 0.1) is 5.82 Å². The van der Waals surface area contributed by atoms with Gasteiger partial charge >= 0.3 is 0 Å². The maximum absolute atomic E-state index is 14.0. The summed E-state index contributed by atoms with van der Waals surface area (Å²) in [4.78, 5) is 0. The summed E-state index contributed by atoms with van der Waals surface area (Å²) < 4.78 is 27.5. The Bertz CT molecular complexity index is 764. The van der Waals surface area contributed by atoms with Gasteiger partial charge < -0.3 is 14.8 Å². The van der Waals surface area contributed by atoms with E-state index < -0.39 is 0 Å². The lowest BCUT2D eigenvalue weighted by Gasteiger charge is -2.27. The van der Waals surface area contributed by atoms with Crippen molar-refractivity contribution in [3.05, 3.63) is 46.4 Å². The first-order chi connectivity index (χ1) is 13.0. The molecule has 156 valence electrons. The molecule has 1 saturated carbocycles. The van der Waals surface area contributed by atoms with E-state index in [-0.39, 0.29) is 30.4 Å². The highest BCUT2D eigenvalue weighted by Crippen LogP contribution is 2.36. The largest absolute Gasteiger partial charge is 0.473 e. The van der Waals surface area contributed by atoms with Crippen LogP contribution in [-0.2, 0) is 24.4 Å². The van der Waals surface area contributed by atoms with Crippen LogP contribution in [0.2, 0.25) is 5.02 Å². The molecular weight excluding hydrogens is 404 g/mol. The zero-order valence-corrected chi connectivity index (χ0v) is 17.9. The van der Waals surface area contributed by atoms with Gasteiger partial charge in [-0.2, -0.15) is 5.10 Å². The molecule has 2 aromatic rings. The maximum atomic E-state index is 14.0. The molecular formula is C20H28Cl2FN3O2. The van der Waals surface area contributed by atoms with Crippen LogP contribution in [0.15, 0.2) is 24.3 Å². The number of hydrogen-bond donors (Lipinski definition) is 1. The van der Waals surface area contributed by atoms with Crippen molar-refractivity contribution in [3.63, 3.8) is 0 Å². The van der Waals surface area contributed by atoms with E-state index in [1.807, 2.05) is 17.8 Å². The van der Waals surface area contributed by atoms with Crippen molar-refractivity contribution in [2.75, 3.05) is 14.2 Å². The van der Waals surface area contributed by atoms with E-state index >= 15 is 0 Å². The summed E-state index contributed by atoms with van der Waals surface area (Å²) in [5.41, 5.74) is 1.25. The number of nitrogens with zero attached hydrogens (tertiary/aromatic N) is 2. The van der Waals surface area contributed by atoms with Crippen molar-refractivity contribution in [3.8, 4) is 5.88 Å². The van der Waals surface area contributed by atoms with E-state index in [1.165, 1.54) is 25.0 Å². The number of ether oxygens (including phenoxy) is 2. The molecule has 1 heterocycles. The van der Waals surface area contributed by atoms with Crippen LogP contribution in [0.3, 0.4) is 0 Å². The van der Waals surface area contributed by atoms with Crippen LogP contribution in [0.4, 0.5) is 4.39 Å². The third kappa shape index (κ3) is 5.60. The molecule has 0 saturated heterocycles. The van der Waals surface area contributed by atoms with Crippen LogP contribution in [0.1, 0.15) is 43.4 Å². The molecule has 1 aliphatic carbocycles. The molecule has 28 heavy (non-hydrogen) atoms. The lowest BCUT2D eigenvalue weighted by atomic mass is 9.98. The molecule has 1 fully saturated rings. The predicted octanol–water partition coefficient (Wildman–Crippen LogP) is 4.75. The molecule has 5 nitrogen and oxygen atoms in total. The van der Waals surface area contributed by atoms with Gasteiger partial charge in [0.2, 0.25) is 5.88 Å². The molecule has 0 radical (unpaired) electrons. The van der Waals surface area contributed by atoms with Gasteiger partial charge in [-0.3, -0.25) is 0 Å². The Hall–Kier alpha value is -1.34. The Morgan fingerprint density at radius 3 is 2.71 bits per heavy atom. The third-order valence-electron chi connectivity index (χ3n) is 5.26. The van der Waals surface area contributed by atoms with Crippen molar-refractivity contribution >= 4 is 24.0 Å². The van der Waals surface area contributed by atoms with Crippen molar-refractivity contribution in [1.29, 1.82) is 0 Å². The highest BCUT2D eigenvalue weighted by Gasteiger charge is 2.33. The molecule has 0 spiro atoms. The third-order valence-corrected chi connectivity index (χ3v) is 5.50.